The Bertz CT molecular complexity index is 575. The van der Waals surface area contributed by atoms with Crippen molar-refractivity contribution < 1.29 is 15.0 Å². The summed E-state index contributed by atoms with van der Waals surface area (Å²) < 4.78 is 0. The van der Waals surface area contributed by atoms with E-state index in [0.717, 1.165) is 12.8 Å². The fraction of sp³-hybridized carbons (Fsp3) is 0.471. The van der Waals surface area contributed by atoms with Crippen molar-refractivity contribution in [1.29, 1.82) is 0 Å². The van der Waals surface area contributed by atoms with Crippen LogP contribution in [-0.4, -0.2) is 21.8 Å². The van der Waals surface area contributed by atoms with E-state index < -0.39 is 11.6 Å². The summed E-state index contributed by atoms with van der Waals surface area (Å²) in [7, 11) is 0. The molecule has 20 heavy (non-hydrogen) atoms. The average molecular weight is 272 g/mol. The van der Waals surface area contributed by atoms with Gasteiger partial charge in [0.25, 0.3) is 0 Å². The van der Waals surface area contributed by atoms with Crippen LogP contribution in [-0.2, 0) is 4.79 Å². The summed E-state index contributed by atoms with van der Waals surface area (Å²) in [5.74, 6) is -0.657. The van der Waals surface area contributed by atoms with Crippen LogP contribution in [0.4, 0.5) is 0 Å². The molecule has 4 rings (SSSR count). The highest BCUT2D eigenvalue weighted by molar-refractivity contribution is 5.72. The molecule has 1 fully saturated rings. The number of carboxylic acids is 1. The number of allylic oxidation sites excluding steroid dienone is 1. The zero-order valence-corrected chi connectivity index (χ0v) is 11.7. The molecule has 0 spiro atoms. The fourth-order valence-corrected chi connectivity index (χ4v) is 3.81. The first-order chi connectivity index (χ1) is 9.48. The van der Waals surface area contributed by atoms with E-state index in [-0.39, 0.29) is 18.3 Å². The number of hydrogen-bond donors (Lipinski definition) is 2. The minimum atomic E-state index is -1.05. The SMILES string of the molecule is Cc1cccc(C2=CC3CCC2CC3(O)CC(=O)O)c1. The van der Waals surface area contributed by atoms with Crippen molar-refractivity contribution in [3.05, 3.63) is 41.5 Å². The fourth-order valence-electron chi connectivity index (χ4n) is 3.81. The van der Waals surface area contributed by atoms with Gasteiger partial charge in [-0.2, -0.15) is 0 Å². The van der Waals surface area contributed by atoms with Gasteiger partial charge in [-0.25, -0.2) is 0 Å². The molecule has 0 aromatic heterocycles. The quantitative estimate of drug-likeness (QED) is 0.889. The van der Waals surface area contributed by atoms with E-state index >= 15 is 0 Å². The molecule has 3 aliphatic carbocycles. The topological polar surface area (TPSA) is 57.5 Å². The molecule has 1 aromatic carbocycles. The van der Waals surface area contributed by atoms with Crippen LogP contribution in [0.5, 0.6) is 0 Å². The number of rotatable bonds is 3. The summed E-state index contributed by atoms with van der Waals surface area (Å²) in [5.41, 5.74) is 2.69. The van der Waals surface area contributed by atoms with Gasteiger partial charge in [-0.1, -0.05) is 35.9 Å². The number of fused-ring (bicyclic) bond motifs is 2. The summed E-state index contributed by atoms with van der Waals surface area (Å²) >= 11 is 0. The molecule has 0 heterocycles. The third-order valence-electron chi connectivity index (χ3n) is 4.75. The molecule has 1 saturated carbocycles. The lowest BCUT2D eigenvalue weighted by molar-refractivity contribution is -0.147. The molecule has 3 heteroatoms. The molecular formula is C17H20O3. The molecule has 2 bridgehead atoms. The normalized spacial score (nSPS) is 32.0. The van der Waals surface area contributed by atoms with E-state index in [9.17, 15) is 9.90 Å². The molecule has 3 aliphatic rings. The second-order valence-corrected chi connectivity index (χ2v) is 6.25. The van der Waals surface area contributed by atoms with Crippen LogP contribution >= 0.6 is 0 Å². The molecule has 0 radical (unpaired) electrons. The van der Waals surface area contributed by atoms with Crippen LogP contribution in [0.2, 0.25) is 0 Å². The Labute approximate surface area is 118 Å². The minimum absolute atomic E-state index is 0.0286. The maximum atomic E-state index is 11.0. The number of benzene rings is 1. The monoisotopic (exact) mass is 272 g/mol. The van der Waals surface area contributed by atoms with Gasteiger partial charge in [-0.15, -0.1) is 0 Å². The molecule has 0 amide bonds. The Hall–Kier alpha value is -1.61. The van der Waals surface area contributed by atoms with Gasteiger partial charge in [-0.3, -0.25) is 4.79 Å². The predicted octanol–water partition coefficient (Wildman–Crippen LogP) is 3.01. The van der Waals surface area contributed by atoms with Crippen molar-refractivity contribution in [3.63, 3.8) is 0 Å². The Morgan fingerprint density at radius 1 is 1.40 bits per heavy atom. The number of aliphatic hydroxyl groups is 1. The first-order valence-electron chi connectivity index (χ1n) is 7.21. The van der Waals surface area contributed by atoms with E-state index in [0.29, 0.717) is 6.42 Å². The van der Waals surface area contributed by atoms with E-state index in [1.165, 1.54) is 16.7 Å². The van der Waals surface area contributed by atoms with Crippen molar-refractivity contribution in [2.24, 2.45) is 11.8 Å². The van der Waals surface area contributed by atoms with Gasteiger partial charge in [0.05, 0.1) is 12.0 Å². The first-order valence-corrected chi connectivity index (χ1v) is 7.21. The van der Waals surface area contributed by atoms with Crippen LogP contribution in [0.25, 0.3) is 5.57 Å². The van der Waals surface area contributed by atoms with E-state index in [1.807, 2.05) is 0 Å². The maximum absolute atomic E-state index is 11.0. The van der Waals surface area contributed by atoms with Crippen molar-refractivity contribution >= 4 is 11.5 Å². The van der Waals surface area contributed by atoms with E-state index in [2.05, 4.69) is 37.3 Å². The molecule has 3 unspecified atom stereocenters. The highest BCUT2D eigenvalue weighted by Crippen LogP contribution is 2.51. The standard InChI is InChI=1S/C17H20O3/c1-11-3-2-4-12(7-11)15-8-14-6-5-13(15)9-17(14,20)10-16(18)19/h2-4,7-8,13-14,20H,5-6,9-10H2,1H3,(H,18,19). The Morgan fingerprint density at radius 3 is 2.80 bits per heavy atom. The van der Waals surface area contributed by atoms with Crippen LogP contribution in [0.3, 0.4) is 0 Å². The molecule has 0 aliphatic heterocycles. The largest absolute Gasteiger partial charge is 0.481 e. The lowest BCUT2D eigenvalue weighted by Gasteiger charge is -2.47. The van der Waals surface area contributed by atoms with Crippen molar-refractivity contribution in [3.8, 4) is 0 Å². The zero-order chi connectivity index (χ0) is 14.3. The van der Waals surface area contributed by atoms with E-state index in [4.69, 9.17) is 5.11 Å². The van der Waals surface area contributed by atoms with Gasteiger partial charge in [0.1, 0.15) is 0 Å². The summed E-state index contributed by atoms with van der Waals surface area (Å²) in [6.45, 7) is 2.08. The highest BCUT2D eigenvalue weighted by Gasteiger charge is 2.47. The Balaban J connectivity index is 1.93. The van der Waals surface area contributed by atoms with Crippen LogP contribution in [0.1, 0.15) is 36.8 Å². The number of aliphatic carboxylic acids is 1. The average Bonchev–Trinajstić information content (AvgIpc) is 2.37. The second-order valence-electron chi connectivity index (χ2n) is 6.25. The number of aryl methyl sites for hydroxylation is 1. The van der Waals surface area contributed by atoms with Crippen molar-refractivity contribution in [2.45, 2.75) is 38.2 Å². The number of carbonyl (C=O) groups is 1. The van der Waals surface area contributed by atoms with Gasteiger partial charge in [0.2, 0.25) is 0 Å². The lowest BCUT2D eigenvalue weighted by atomic mass is 9.61. The summed E-state index contributed by atoms with van der Waals surface area (Å²) in [6.07, 6.45) is 4.49. The minimum Gasteiger partial charge on any atom is -0.481 e. The molecule has 106 valence electrons. The third-order valence-corrected chi connectivity index (χ3v) is 4.75. The zero-order valence-electron chi connectivity index (χ0n) is 11.7. The maximum Gasteiger partial charge on any atom is 0.306 e. The summed E-state index contributed by atoms with van der Waals surface area (Å²) in [6, 6.07) is 8.40. The first kappa shape index (κ1) is 13.4. The predicted molar refractivity (Wildman–Crippen MR) is 77.2 cm³/mol. The molecule has 2 N–H and O–H groups in total. The molecule has 1 aromatic rings. The van der Waals surface area contributed by atoms with Gasteiger partial charge in [0, 0.05) is 5.92 Å². The lowest BCUT2D eigenvalue weighted by Crippen LogP contribution is -2.47. The summed E-state index contributed by atoms with van der Waals surface area (Å²) in [4.78, 5) is 11.0. The highest BCUT2D eigenvalue weighted by atomic mass is 16.4. The molecule has 3 atom stereocenters. The van der Waals surface area contributed by atoms with Crippen LogP contribution in [0, 0.1) is 18.8 Å². The van der Waals surface area contributed by atoms with Gasteiger partial charge < -0.3 is 10.2 Å². The smallest absolute Gasteiger partial charge is 0.306 e. The van der Waals surface area contributed by atoms with Crippen molar-refractivity contribution in [2.75, 3.05) is 0 Å². The third kappa shape index (κ3) is 2.27. The van der Waals surface area contributed by atoms with Gasteiger partial charge in [0.15, 0.2) is 0 Å². The van der Waals surface area contributed by atoms with Crippen molar-refractivity contribution in [1.82, 2.24) is 0 Å². The van der Waals surface area contributed by atoms with Gasteiger partial charge in [-0.05, 0) is 43.2 Å². The Kier molecular flexibility index (Phi) is 3.17. The van der Waals surface area contributed by atoms with Gasteiger partial charge >= 0.3 is 5.97 Å². The van der Waals surface area contributed by atoms with Crippen LogP contribution in [0.15, 0.2) is 30.3 Å². The number of hydrogen-bond acceptors (Lipinski definition) is 2. The molecular weight excluding hydrogens is 252 g/mol. The second kappa shape index (κ2) is 4.74. The van der Waals surface area contributed by atoms with E-state index in [1.54, 1.807) is 0 Å². The summed E-state index contributed by atoms with van der Waals surface area (Å²) in [5, 5.41) is 19.6. The molecule has 0 saturated heterocycles. The number of carboxylic acid groups (broad SMARTS) is 1. The Morgan fingerprint density at radius 2 is 2.20 bits per heavy atom. The molecule has 3 nitrogen and oxygen atoms in total. The van der Waals surface area contributed by atoms with Crippen LogP contribution < -0.4 is 0 Å².